The van der Waals surface area contributed by atoms with E-state index in [0.29, 0.717) is 19.0 Å². The number of hydrogen-bond acceptors (Lipinski definition) is 6. The molecule has 30 heavy (non-hydrogen) atoms. The zero-order valence-electron chi connectivity index (χ0n) is 17.1. The number of benzene rings is 1. The van der Waals surface area contributed by atoms with E-state index in [1.807, 2.05) is 30.3 Å². The van der Waals surface area contributed by atoms with Gasteiger partial charge in [0.15, 0.2) is 5.82 Å². The van der Waals surface area contributed by atoms with Gasteiger partial charge in [-0.25, -0.2) is 4.79 Å². The maximum atomic E-state index is 12.9. The van der Waals surface area contributed by atoms with Crippen molar-refractivity contribution in [3.8, 4) is 17.1 Å². The van der Waals surface area contributed by atoms with Gasteiger partial charge in [-0.15, -0.1) is 11.7 Å². The summed E-state index contributed by atoms with van der Waals surface area (Å²) in [5, 5.41) is 4.60. The molecule has 4 rings (SSSR count). The normalized spacial score (nSPS) is 14.6. The van der Waals surface area contributed by atoms with E-state index < -0.39 is 0 Å². The van der Waals surface area contributed by atoms with Crippen molar-refractivity contribution in [3.05, 3.63) is 71.9 Å². The number of anilines is 1. The average Bonchev–Trinajstić information content (AvgIpc) is 3.10. The molecule has 0 amide bonds. The van der Waals surface area contributed by atoms with Crippen molar-refractivity contribution in [2.45, 2.75) is 13.2 Å². The molecule has 0 N–H and O–H groups in total. The Kier molecular flexibility index (Phi) is 5.94. The summed E-state index contributed by atoms with van der Waals surface area (Å²) >= 11 is 0. The minimum atomic E-state index is -0.138. The van der Waals surface area contributed by atoms with E-state index in [-0.39, 0.29) is 5.69 Å². The summed E-state index contributed by atoms with van der Waals surface area (Å²) in [4.78, 5) is 21.6. The Hall–Kier alpha value is -3.39. The van der Waals surface area contributed by atoms with Crippen molar-refractivity contribution >= 4 is 5.69 Å². The monoisotopic (exact) mass is 406 g/mol. The molecule has 3 heterocycles. The zero-order valence-corrected chi connectivity index (χ0v) is 17.1. The molecule has 8 nitrogen and oxygen atoms in total. The molecular weight excluding hydrogens is 380 g/mol. The van der Waals surface area contributed by atoms with Crippen molar-refractivity contribution in [2.75, 3.05) is 38.2 Å². The summed E-state index contributed by atoms with van der Waals surface area (Å²) in [5.41, 5.74) is 1.78. The molecule has 0 spiro atoms. The third-order valence-electron chi connectivity index (χ3n) is 5.29. The number of para-hydroxylation sites is 2. The number of aromatic nitrogens is 4. The lowest BCUT2D eigenvalue weighted by molar-refractivity contribution is 0.192. The summed E-state index contributed by atoms with van der Waals surface area (Å²) in [6.07, 6.45) is 5.13. The molecule has 1 aliphatic heterocycles. The Morgan fingerprint density at radius 2 is 1.93 bits per heavy atom. The van der Waals surface area contributed by atoms with Gasteiger partial charge in [-0.3, -0.25) is 14.5 Å². The molecule has 2 aromatic heterocycles. The number of piperazine rings is 1. The molecule has 0 unspecified atom stereocenters. The molecule has 1 aromatic carbocycles. The van der Waals surface area contributed by atoms with Crippen LogP contribution in [0.1, 0.15) is 0 Å². The zero-order chi connectivity index (χ0) is 20.9. The molecular formula is C22H26N6O2. The molecule has 1 fully saturated rings. The minimum absolute atomic E-state index is 0.138. The summed E-state index contributed by atoms with van der Waals surface area (Å²) in [6.45, 7) is 8.02. The van der Waals surface area contributed by atoms with Crippen LogP contribution in [-0.2, 0) is 13.2 Å². The third kappa shape index (κ3) is 3.99. The Morgan fingerprint density at radius 1 is 1.13 bits per heavy atom. The number of pyridine rings is 1. The lowest BCUT2D eigenvalue weighted by Crippen LogP contribution is -2.48. The van der Waals surface area contributed by atoms with Crippen molar-refractivity contribution in [2.24, 2.45) is 0 Å². The first-order valence-electron chi connectivity index (χ1n) is 10.0. The van der Waals surface area contributed by atoms with Crippen LogP contribution in [0, 0.1) is 0 Å². The van der Waals surface area contributed by atoms with E-state index in [2.05, 4.69) is 32.5 Å². The van der Waals surface area contributed by atoms with E-state index in [9.17, 15) is 4.79 Å². The van der Waals surface area contributed by atoms with Gasteiger partial charge in [-0.2, -0.15) is 4.68 Å². The number of nitrogens with zero attached hydrogens (tertiary/aromatic N) is 6. The summed E-state index contributed by atoms with van der Waals surface area (Å²) in [7, 11) is 1.70. The van der Waals surface area contributed by atoms with E-state index in [1.54, 1.807) is 30.1 Å². The SMILES string of the molecule is C=CCn1c(-c2cccnc2)nn(CN2CCN(c3ccccc3OC)CC2)c1=O. The van der Waals surface area contributed by atoms with Crippen LogP contribution in [0.15, 0.2) is 66.2 Å². The Bertz CT molecular complexity index is 1050. The second kappa shape index (κ2) is 8.96. The lowest BCUT2D eigenvalue weighted by Gasteiger charge is -2.36. The van der Waals surface area contributed by atoms with Gasteiger partial charge in [0.25, 0.3) is 0 Å². The Morgan fingerprint density at radius 3 is 2.63 bits per heavy atom. The van der Waals surface area contributed by atoms with Gasteiger partial charge >= 0.3 is 5.69 Å². The topological polar surface area (TPSA) is 68.4 Å². The quantitative estimate of drug-likeness (QED) is 0.560. The van der Waals surface area contributed by atoms with E-state index in [4.69, 9.17) is 4.74 Å². The molecule has 8 heteroatoms. The highest BCUT2D eigenvalue weighted by atomic mass is 16.5. The predicted octanol–water partition coefficient (Wildman–Crippen LogP) is 2.08. The Balaban J connectivity index is 1.49. The molecule has 0 bridgehead atoms. The van der Waals surface area contributed by atoms with E-state index in [1.165, 1.54) is 4.68 Å². The smallest absolute Gasteiger partial charge is 0.347 e. The van der Waals surface area contributed by atoms with Crippen molar-refractivity contribution in [1.82, 2.24) is 24.2 Å². The average molecular weight is 406 g/mol. The maximum Gasteiger partial charge on any atom is 0.347 e. The highest BCUT2D eigenvalue weighted by Crippen LogP contribution is 2.28. The lowest BCUT2D eigenvalue weighted by atomic mass is 10.2. The first-order valence-corrected chi connectivity index (χ1v) is 10.0. The highest BCUT2D eigenvalue weighted by molar-refractivity contribution is 5.58. The van der Waals surface area contributed by atoms with Crippen molar-refractivity contribution < 1.29 is 4.74 Å². The maximum absolute atomic E-state index is 12.9. The number of methoxy groups -OCH3 is 1. The standard InChI is InChI=1S/C22H26N6O2/c1-3-11-27-21(18-7-6-10-23-16-18)24-28(22(27)29)17-25-12-14-26(15-13-25)19-8-4-5-9-20(19)30-2/h3-10,16H,1,11-15,17H2,2H3. The van der Waals surface area contributed by atoms with Gasteiger partial charge in [0.2, 0.25) is 0 Å². The van der Waals surface area contributed by atoms with Crippen molar-refractivity contribution in [3.63, 3.8) is 0 Å². The molecule has 156 valence electrons. The number of hydrogen-bond donors (Lipinski definition) is 0. The van der Waals surface area contributed by atoms with Gasteiger partial charge in [0, 0.05) is 50.7 Å². The van der Waals surface area contributed by atoms with Crippen LogP contribution >= 0.6 is 0 Å². The molecule has 0 atom stereocenters. The Labute approximate surface area is 175 Å². The summed E-state index contributed by atoms with van der Waals surface area (Å²) in [5.74, 6) is 1.49. The van der Waals surface area contributed by atoms with Crippen molar-refractivity contribution in [1.29, 1.82) is 0 Å². The van der Waals surface area contributed by atoms with Crippen LogP contribution in [0.25, 0.3) is 11.4 Å². The fourth-order valence-corrected chi connectivity index (χ4v) is 3.75. The molecule has 0 radical (unpaired) electrons. The van der Waals surface area contributed by atoms with Crippen LogP contribution in [-0.4, -0.2) is 57.5 Å². The van der Waals surface area contributed by atoms with Gasteiger partial charge in [0.1, 0.15) is 5.75 Å². The number of rotatable bonds is 7. The van der Waals surface area contributed by atoms with Gasteiger partial charge in [-0.05, 0) is 24.3 Å². The fourth-order valence-electron chi connectivity index (χ4n) is 3.75. The number of allylic oxidation sites excluding steroid dienone is 1. The van der Waals surface area contributed by atoms with Gasteiger partial charge < -0.3 is 9.64 Å². The molecule has 0 saturated carbocycles. The van der Waals surface area contributed by atoms with Crippen LogP contribution in [0.5, 0.6) is 5.75 Å². The van der Waals surface area contributed by atoms with Crippen LogP contribution < -0.4 is 15.3 Å². The molecule has 1 aliphatic rings. The van der Waals surface area contributed by atoms with E-state index in [0.717, 1.165) is 43.2 Å². The minimum Gasteiger partial charge on any atom is -0.495 e. The van der Waals surface area contributed by atoms with E-state index >= 15 is 0 Å². The van der Waals surface area contributed by atoms with Crippen LogP contribution in [0.3, 0.4) is 0 Å². The third-order valence-corrected chi connectivity index (χ3v) is 5.29. The summed E-state index contributed by atoms with van der Waals surface area (Å²) in [6, 6.07) is 11.8. The molecule has 0 aliphatic carbocycles. The fraction of sp³-hybridized carbons (Fsp3) is 0.318. The predicted molar refractivity (Wildman–Crippen MR) is 117 cm³/mol. The first-order chi connectivity index (χ1) is 14.7. The largest absolute Gasteiger partial charge is 0.495 e. The summed E-state index contributed by atoms with van der Waals surface area (Å²) < 4.78 is 8.66. The van der Waals surface area contributed by atoms with Gasteiger partial charge in [-0.1, -0.05) is 18.2 Å². The molecule has 1 saturated heterocycles. The van der Waals surface area contributed by atoms with Crippen LogP contribution in [0.2, 0.25) is 0 Å². The second-order valence-corrected chi connectivity index (χ2v) is 7.17. The highest BCUT2D eigenvalue weighted by Gasteiger charge is 2.22. The first kappa shape index (κ1) is 19.9. The molecule has 3 aromatic rings. The van der Waals surface area contributed by atoms with Gasteiger partial charge in [0.05, 0.1) is 19.5 Å². The van der Waals surface area contributed by atoms with Crippen LogP contribution in [0.4, 0.5) is 5.69 Å². The second-order valence-electron chi connectivity index (χ2n) is 7.17. The number of ether oxygens (including phenoxy) is 1.